The van der Waals surface area contributed by atoms with Gasteiger partial charge in [0.05, 0.1) is 6.61 Å². The highest BCUT2D eigenvalue weighted by Gasteiger charge is 2.34. The zero-order chi connectivity index (χ0) is 15.1. The van der Waals surface area contributed by atoms with Crippen LogP contribution in [0.25, 0.3) is 0 Å². The molecule has 1 saturated carbocycles. The fraction of sp³-hybridized carbons (Fsp3) is 0.750. The van der Waals surface area contributed by atoms with Crippen LogP contribution >= 0.6 is 0 Å². The molecule has 8 nitrogen and oxygen atoms in total. The fourth-order valence-corrected chi connectivity index (χ4v) is 1.80. The van der Waals surface area contributed by atoms with E-state index >= 15 is 0 Å². The van der Waals surface area contributed by atoms with Crippen molar-refractivity contribution in [1.29, 1.82) is 0 Å². The smallest absolute Gasteiger partial charge is 0.326 e. The lowest BCUT2D eigenvalue weighted by Crippen LogP contribution is -2.49. The molecule has 0 aliphatic heterocycles. The van der Waals surface area contributed by atoms with E-state index in [0.717, 1.165) is 12.8 Å². The molecule has 0 aromatic carbocycles. The normalized spacial score (nSPS) is 15.4. The predicted molar refractivity (Wildman–Crippen MR) is 70.0 cm³/mol. The van der Waals surface area contributed by atoms with E-state index in [9.17, 15) is 14.4 Å². The molecule has 1 aliphatic carbocycles. The summed E-state index contributed by atoms with van der Waals surface area (Å²) in [6.45, 7) is 0.804. The van der Waals surface area contributed by atoms with Crippen molar-refractivity contribution in [2.24, 2.45) is 5.73 Å². The Labute approximate surface area is 117 Å². The number of carbonyl (C=O) groups excluding carboxylic acids is 2. The average molecular weight is 287 g/mol. The Kier molecular flexibility index (Phi) is 6.23. The van der Waals surface area contributed by atoms with Crippen LogP contribution in [0.3, 0.4) is 0 Å². The monoisotopic (exact) mass is 287 g/mol. The molecule has 1 rings (SSSR count). The van der Waals surface area contributed by atoms with Gasteiger partial charge in [0.25, 0.3) is 0 Å². The molecule has 8 heteroatoms. The third kappa shape index (κ3) is 5.43. The number of carboxylic acids is 1. The van der Waals surface area contributed by atoms with E-state index in [-0.39, 0.29) is 18.9 Å². The van der Waals surface area contributed by atoms with Gasteiger partial charge in [-0.25, -0.2) is 9.59 Å². The van der Waals surface area contributed by atoms with E-state index in [4.69, 9.17) is 15.6 Å². The molecule has 1 atom stereocenters. The molecule has 1 aliphatic rings. The minimum absolute atomic E-state index is 0.0147. The van der Waals surface area contributed by atoms with Crippen molar-refractivity contribution in [2.45, 2.75) is 37.8 Å². The van der Waals surface area contributed by atoms with Gasteiger partial charge in [0, 0.05) is 26.1 Å². The highest BCUT2D eigenvalue weighted by atomic mass is 16.5. The van der Waals surface area contributed by atoms with Gasteiger partial charge in [-0.1, -0.05) is 0 Å². The maximum Gasteiger partial charge on any atom is 0.326 e. The van der Waals surface area contributed by atoms with Gasteiger partial charge in [0.2, 0.25) is 5.91 Å². The summed E-state index contributed by atoms with van der Waals surface area (Å²) in [5, 5.41) is 11.5. The van der Waals surface area contributed by atoms with Gasteiger partial charge in [-0.15, -0.1) is 0 Å². The number of primary amides is 1. The number of methoxy groups -OCH3 is 1. The number of rotatable bonds is 9. The Hall–Kier alpha value is -1.83. The third-order valence-electron chi connectivity index (χ3n) is 3.06. The number of aliphatic carboxylic acids is 1. The molecule has 0 saturated heterocycles. The van der Waals surface area contributed by atoms with Gasteiger partial charge in [-0.3, -0.25) is 4.79 Å². The van der Waals surface area contributed by atoms with Crippen LogP contribution in [0.2, 0.25) is 0 Å². The second-order valence-corrected chi connectivity index (χ2v) is 4.76. The van der Waals surface area contributed by atoms with E-state index in [1.165, 1.54) is 7.11 Å². The van der Waals surface area contributed by atoms with E-state index in [1.807, 2.05) is 0 Å². The Balaban J connectivity index is 2.53. The third-order valence-corrected chi connectivity index (χ3v) is 3.06. The first kappa shape index (κ1) is 16.2. The van der Waals surface area contributed by atoms with Crippen molar-refractivity contribution in [2.75, 3.05) is 20.3 Å². The standard InChI is InChI=1S/C12H21N3O5/c1-20-7-6-15(8-2-3-8)12(19)14-9(11(17)18)4-5-10(13)16/h8-9H,2-7H2,1H3,(H2,13,16)(H,14,19)(H,17,18)/t9-/m0/s1. The highest BCUT2D eigenvalue weighted by Crippen LogP contribution is 2.26. The first-order valence-corrected chi connectivity index (χ1v) is 6.53. The van der Waals surface area contributed by atoms with Crippen LogP contribution in [0.15, 0.2) is 0 Å². The van der Waals surface area contributed by atoms with Crippen LogP contribution in [-0.2, 0) is 14.3 Å². The number of nitrogens with zero attached hydrogens (tertiary/aromatic N) is 1. The molecule has 4 N–H and O–H groups in total. The summed E-state index contributed by atoms with van der Waals surface area (Å²) in [4.78, 5) is 35.4. The quantitative estimate of drug-likeness (QED) is 0.529. The van der Waals surface area contributed by atoms with Crippen LogP contribution in [0.5, 0.6) is 0 Å². The number of hydrogen-bond acceptors (Lipinski definition) is 4. The summed E-state index contributed by atoms with van der Waals surface area (Å²) in [7, 11) is 1.54. The molecule has 20 heavy (non-hydrogen) atoms. The van der Waals surface area contributed by atoms with Gasteiger partial charge in [0.15, 0.2) is 0 Å². The number of carboxylic acid groups (broad SMARTS) is 1. The number of nitrogens with one attached hydrogen (secondary N) is 1. The van der Waals surface area contributed by atoms with Gasteiger partial charge in [-0.2, -0.15) is 0 Å². The average Bonchev–Trinajstić information content (AvgIpc) is 3.18. The molecular weight excluding hydrogens is 266 g/mol. The van der Waals surface area contributed by atoms with Gasteiger partial charge in [-0.05, 0) is 19.3 Å². The van der Waals surface area contributed by atoms with Gasteiger partial charge in [0.1, 0.15) is 6.04 Å². The van der Waals surface area contributed by atoms with Crippen molar-refractivity contribution >= 4 is 17.9 Å². The number of nitrogens with two attached hydrogens (primary N) is 1. The number of urea groups is 1. The zero-order valence-corrected chi connectivity index (χ0v) is 11.5. The Bertz CT molecular complexity index is 370. The molecule has 0 spiro atoms. The van der Waals surface area contributed by atoms with Crippen LogP contribution in [-0.4, -0.2) is 60.3 Å². The Morgan fingerprint density at radius 2 is 2.10 bits per heavy atom. The summed E-state index contributed by atoms with van der Waals surface area (Å²) >= 11 is 0. The summed E-state index contributed by atoms with van der Waals surface area (Å²) < 4.78 is 4.93. The van der Waals surface area contributed by atoms with Crippen molar-refractivity contribution in [3.63, 3.8) is 0 Å². The maximum atomic E-state index is 12.1. The zero-order valence-electron chi connectivity index (χ0n) is 11.5. The first-order valence-electron chi connectivity index (χ1n) is 6.53. The lowest BCUT2D eigenvalue weighted by Gasteiger charge is -2.24. The molecular formula is C12H21N3O5. The van der Waals surface area contributed by atoms with E-state index in [1.54, 1.807) is 4.90 Å². The van der Waals surface area contributed by atoms with Crippen LogP contribution in [0.1, 0.15) is 25.7 Å². The van der Waals surface area contributed by atoms with E-state index in [0.29, 0.717) is 13.2 Å². The lowest BCUT2D eigenvalue weighted by molar-refractivity contribution is -0.139. The minimum atomic E-state index is -1.18. The minimum Gasteiger partial charge on any atom is -0.480 e. The van der Waals surface area contributed by atoms with Gasteiger partial charge < -0.3 is 25.8 Å². The SMILES string of the molecule is COCCN(C(=O)N[C@@H](CCC(N)=O)C(=O)O)C1CC1. The van der Waals surface area contributed by atoms with E-state index < -0.39 is 23.9 Å². The van der Waals surface area contributed by atoms with Crippen LogP contribution < -0.4 is 11.1 Å². The number of amides is 3. The lowest BCUT2D eigenvalue weighted by atomic mass is 10.1. The highest BCUT2D eigenvalue weighted by molar-refractivity contribution is 5.83. The van der Waals surface area contributed by atoms with Crippen LogP contribution in [0.4, 0.5) is 4.79 Å². The summed E-state index contributed by atoms with van der Waals surface area (Å²) in [6, 6.07) is -1.41. The predicted octanol–water partition coefficient (Wildman–Crippen LogP) is -0.474. The molecule has 0 bridgehead atoms. The number of hydrogen-bond donors (Lipinski definition) is 3. The summed E-state index contributed by atoms with van der Waals surface area (Å²) in [5.74, 6) is -1.77. The summed E-state index contributed by atoms with van der Waals surface area (Å²) in [5.41, 5.74) is 4.98. The fourth-order valence-electron chi connectivity index (χ4n) is 1.80. The van der Waals surface area contributed by atoms with Crippen molar-refractivity contribution in [3.8, 4) is 0 Å². The number of ether oxygens (including phenoxy) is 1. The number of carbonyl (C=O) groups is 3. The summed E-state index contributed by atoms with van der Waals surface area (Å²) in [6.07, 6.45) is 1.73. The Morgan fingerprint density at radius 3 is 2.55 bits per heavy atom. The van der Waals surface area contributed by atoms with Crippen molar-refractivity contribution in [3.05, 3.63) is 0 Å². The molecule has 0 heterocycles. The van der Waals surface area contributed by atoms with E-state index in [2.05, 4.69) is 5.32 Å². The molecule has 0 radical (unpaired) electrons. The molecule has 1 fully saturated rings. The molecule has 0 unspecified atom stereocenters. The molecule has 0 aromatic rings. The second-order valence-electron chi connectivity index (χ2n) is 4.76. The van der Waals surface area contributed by atoms with Crippen LogP contribution in [0, 0.1) is 0 Å². The largest absolute Gasteiger partial charge is 0.480 e. The first-order chi connectivity index (χ1) is 9.45. The molecule has 0 aromatic heterocycles. The second kappa shape index (κ2) is 7.68. The molecule has 114 valence electrons. The topological polar surface area (TPSA) is 122 Å². The van der Waals surface area contributed by atoms with Gasteiger partial charge >= 0.3 is 12.0 Å². The van der Waals surface area contributed by atoms with Crippen molar-refractivity contribution in [1.82, 2.24) is 10.2 Å². The maximum absolute atomic E-state index is 12.1. The van der Waals surface area contributed by atoms with Crippen molar-refractivity contribution < 1.29 is 24.2 Å². The Morgan fingerprint density at radius 1 is 1.45 bits per heavy atom. The molecule has 3 amide bonds.